The fourth-order valence-electron chi connectivity index (χ4n) is 1.66. The van der Waals surface area contributed by atoms with Crippen LogP contribution < -0.4 is 5.32 Å². The lowest BCUT2D eigenvalue weighted by Crippen LogP contribution is -1.99. The van der Waals surface area contributed by atoms with Gasteiger partial charge in [-0.3, -0.25) is 0 Å². The van der Waals surface area contributed by atoms with Crippen molar-refractivity contribution in [2.45, 2.75) is 20.4 Å². The van der Waals surface area contributed by atoms with Crippen molar-refractivity contribution in [1.82, 2.24) is 0 Å². The van der Waals surface area contributed by atoms with Crippen molar-refractivity contribution < 1.29 is 5.11 Å². The monoisotopic (exact) mass is 267 g/mol. The van der Waals surface area contributed by atoms with Crippen LogP contribution in [-0.2, 0) is 6.54 Å². The second-order valence-electron chi connectivity index (χ2n) is 3.96. The molecule has 0 saturated carbocycles. The average molecular weight is 268 g/mol. The molecule has 1 heterocycles. The molecule has 0 saturated heterocycles. The SMILES string of the molecule is Cc1ccc(NCc2ccc(Cl)s2)c(C)c1O. The summed E-state index contributed by atoms with van der Waals surface area (Å²) in [5, 5.41) is 13.1. The van der Waals surface area contributed by atoms with Gasteiger partial charge in [0.25, 0.3) is 0 Å². The van der Waals surface area contributed by atoms with Crippen LogP contribution in [0, 0.1) is 13.8 Å². The van der Waals surface area contributed by atoms with Gasteiger partial charge >= 0.3 is 0 Å². The predicted octanol–water partition coefficient (Wildman–Crippen LogP) is 4.34. The number of benzene rings is 1. The van der Waals surface area contributed by atoms with E-state index in [0.717, 1.165) is 27.7 Å². The van der Waals surface area contributed by atoms with Gasteiger partial charge in [-0.25, -0.2) is 0 Å². The number of hydrogen-bond donors (Lipinski definition) is 2. The third-order valence-corrected chi connectivity index (χ3v) is 3.95. The molecule has 0 spiro atoms. The van der Waals surface area contributed by atoms with E-state index in [1.54, 1.807) is 11.3 Å². The highest BCUT2D eigenvalue weighted by molar-refractivity contribution is 7.16. The number of nitrogens with one attached hydrogen (secondary N) is 1. The Balaban J connectivity index is 2.12. The number of phenols is 1. The minimum Gasteiger partial charge on any atom is -0.507 e. The van der Waals surface area contributed by atoms with Gasteiger partial charge < -0.3 is 10.4 Å². The van der Waals surface area contributed by atoms with Crippen LogP contribution >= 0.6 is 22.9 Å². The largest absolute Gasteiger partial charge is 0.507 e. The van der Waals surface area contributed by atoms with Crippen molar-refractivity contribution in [3.8, 4) is 5.75 Å². The highest BCUT2D eigenvalue weighted by Crippen LogP contribution is 2.29. The standard InChI is InChI=1S/C13H14ClNOS/c1-8-3-5-11(9(2)13(8)16)15-7-10-4-6-12(14)17-10/h3-6,15-16H,7H2,1-2H3. The van der Waals surface area contributed by atoms with Crippen LogP contribution in [0.2, 0.25) is 4.34 Å². The van der Waals surface area contributed by atoms with E-state index in [-0.39, 0.29) is 0 Å². The molecule has 2 nitrogen and oxygen atoms in total. The molecule has 0 radical (unpaired) electrons. The first kappa shape index (κ1) is 12.3. The zero-order valence-electron chi connectivity index (χ0n) is 9.75. The summed E-state index contributed by atoms with van der Waals surface area (Å²) < 4.78 is 0.797. The van der Waals surface area contributed by atoms with E-state index in [0.29, 0.717) is 5.75 Å². The van der Waals surface area contributed by atoms with Gasteiger partial charge in [0.15, 0.2) is 0 Å². The Morgan fingerprint density at radius 3 is 2.65 bits per heavy atom. The summed E-state index contributed by atoms with van der Waals surface area (Å²) in [6, 6.07) is 7.79. The summed E-state index contributed by atoms with van der Waals surface area (Å²) in [5.74, 6) is 0.360. The van der Waals surface area contributed by atoms with Crippen LogP contribution in [-0.4, -0.2) is 5.11 Å². The molecule has 2 N–H and O–H groups in total. The Kier molecular flexibility index (Phi) is 3.60. The zero-order chi connectivity index (χ0) is 12.4. The first-order valence-electron chi connectivity index (χ1n) is 5.35. The number of rotatable bonds is 3. The first-order valence-corrected chi connectivity index (χ1v) is 6.54. The van der Waals surface area contributed by atoms with E-state index in [1.165, 1.54) is 4.88 Å². The Labute approximate surface area is 110 Å². The quantitative estimate of drug-likeness (QED) is 0.867. The zero-order valence-corrected chi connectivity index (χ0v) is 11.3. The lowest BCUT2D eigenvalue weighted by Gasteiger charge is -2.11. The maximum atomic E-state index is 9.83. The summed E-state index contributed by atoms with van der Waals surface area (Å²) in [4.78, 5) is 1.18. The van der Waals surface area contributed by atoms with Crippen LogP contribution in [0.15, 0.2) is 24.3 Å². The predicted molar refractivity (Wildman–Crippen MR) is 74.2 cm³/mol. The van der Waals surface area contributed by atoms with Crippen molar-refractivity contribution in [1.29, 1.82) is 0 Å². The number of phenolic OH excluding ortho intramolecular Hbond substituents is 1. The average Bonchev–Trinajstić information content (AvgIpc) is 2.71. The van der Waals surface area contributed by atoms with Gasteiger partial charge in [0.1, 0.15) is 5.75 Å². The second kappa shape index (κ2) is 4.98. The van der Waals surface area contributed by atoms with Gasteiger partial charge in [-0.15, -0.1) is 11.3 Å². The van der Waals surface area contributed by atoms with Gasteiger partial charge in [-0.05, 0) is 37.6 Å². The molecule has 0 bridgehead atoms. The number of anilines is 1. The molecule has 0 unspecified atom stereocenters. The van der Waals surface area contributed by atoms with Gasteiger partial charge in [0.2, 0.25) is 0 Å². The van der Waals surface area contributed by atoms with E-state index in [2.05, 4.69) is 5.32 Å². The minimum absolute atomic E-state index is 0.360. The van der Waals surface area contributed by atoms with Gasteiger partial charge in [-0.1, -0.05) is 17.7 Å². The number of aryl methyl sites for hydroxylation is 1. The topological polar surface area (TPSA) is 32.3 Å². The molecule has 2 rings (SSSR count). The molecule has 0 aliphatic rings. The third-order valence-electron chi connectivity index (χ3n) is 2.71. The maximum absolute atomic E-state index is 9.83. The highest BCUT2D eigenvalue weighted by atomic mass is 35.5. The fourth-order valence-corrected chi connectivity index (χ4v) is 2.68. The van der Waals surface area contributed by atoms with E-state index in [9.17, 15) is 5.11 Å². The van der Waals surface area contributed by atoms with Crippen molar-refractivity contribution in [2.75, 3.05) is 5.32 Å². The van der Waals surface area contributed by atoms with Gasteiger partial charge in [0.05, 0.1) is 4.34 Å². The molecule has 0 aliphatic heterocycles. The van der Waals surface area contributed by atoms with E-state index >= 15 is 0 Å². The Hall–Kier alpha value is -1.19. The van der Waals surface area contributed by atoms with Crippen molar-refractivity contribution in [3.63, 3.8) is 0 Å². The molecule has 17 heavy (non-hydrogen) atoms. The smallest absolute Gasteiger partial charge is 0.123 e. The van der Waals surface area contributed by atoms with Gasteiger partial charge in [-0.2, -0.15) is 0 Å². The molecule has 4 heteroatoms. The van der Waals surface area contributed by atoms with Crippen LogP contribution in [0.25, 0.3) is 0 Å². The van der Waals surface area contributed by atoms with E-state index in [1.807, 2.05) is 38.1 Å². The normalized spacial score (nSPS) is 10.5. The minimum atomic E-state index is 0.360. The summed E-state index contributed by atoms with van der Waals surface area (Å²) >= 11 is 7.43. The molecule has 0 fully saturated rings. The van der Waals surface area contributed by atoms with E-state index < -0.39 is 0 Å². The number of halogens is 1. The number of aromatic hydroxyl groups is 1. The Morgan fingerprint density at radius 1 is 1.24 bits per heavy atom. The first-order chi connectivity index (χ1) is 8.08. The summed E-state index contributed by atoms with van der Waals surface area (Å²) in [7, 11) is 0. The summed E-state index contributed by atoms with van der Waals surface area (Å²) in [6.07, 6.45) is 0. The molecule has 0 aliphatic carbocycles. The summed E-state index contributed by atoms with van der Waals surface area (Å²) in [5.41, 5.74) is 2.73. The lowest BCUT2D eigenvalue weighted by atomic mass is 10.1. The van der Waals surface area contributed by atoms with Gasteiger partial charge in [0, 0.05) is 22.7 Å². The van der Waals surface area contributed by atoms with Crippen LogP contribution in [0.5, 0.6) is 5.75 Å². The third kappa shape index (κ3) is 2.73. The maximum Gasteiger partial charge on any atom is 0.123 e. The Bertz CT molecular complexity index is 536. The lowest BCUT2D eigenvalue weighted by molar-refractivity contribution is 0.467. The number of hydrogen-bond acceptors (Lipinski definition) is 3. The fraction of sp³-hybridized carbons (Fsp3) is 0.231. The van der Waals surface area contributed by atoms with Crippen LogP contribution in [0.4, 0.5) is 5.69 Å². The Morgan fingerprint density at radius 2 is 2.00 bits per heavy atom. The molecule has 1 aromatic carbocycles. The molecule has 0 amide bonds. The van der Waals surface area contributed by atoms with Crippen molar-refractivity contribution in [2.24, 2.45) is 0 Å². The summed E-state index contributed by atoms with van der Waals surface area (Å²) in [6.45, 7) is 4.53. The van der Waals surface area contributed by atoms with Crippen LogP contribution in [0.1, 0.15) is 16.0 Å². The number of thiophene rings is 1. The van der Waals surface area contributed by atoms with Crippen molar-refractivity contribution in [3.05, 3.63) is 44.6 Å². The van der Waals surface area contributed by atoms with E-state index in [4.69, 9.17) is 11.6 Å². The molecule has 0 atom stereocenters. The molecule has 2 aromatic rings. The highest BCUT2D eigenvalue weighted by Gasteiger charge is 2.06. The van der Waals surface area contributed by atoms with Crippen LogP contribution in [0.3, 0.4) is 0 Å². The molecular formula is C13H14ClNOS. The molecular weight excluding hydrogens is 254 g/mol. The second-order valence-corrected chi connectivity index (χ2v) is 5.76. The molecule has 1 aromatic heterocycles. The van der Waals surface area contributed by atoms with Crippen molar-refractivity contribution >= 4 is 28.6 Å². The molecule has 90 valence electrons.